The molecule has 1 saturated carbocycles. The molecule has 0 N–H and O–H groups in total. The zero-order valence-corrected chi connectivity index (χ0v) is 15.8. The Morgan fingerprint density at radius 2 is 2.00 bits per heavy atom. The van der Waals surface area contributed by atoms with Gasteiger partial charge in [0.15, 0.2) is 0 Å². The van der Waals surface area contributed by atoms with Crippen LogP contribution in [0.15, 0.2) is 28.7 Å². The molecule has 0 aliphatic heterocycles. The SMILES string of the molecule is CCCn1nc(Cc2ccc(Br)cc2)c(C(=O)OCC)c1C1CC1. The molecule has 1 aromatic heterocycles. The van der Waals surface area contributed by atoms with Crippen molar-refractivity contribution in [3.8, 4) is 0 Å². The highest BCUT2D eigenvalue weighted by Crippen LogP contribution is 2.43. The highest BCUT2D eigenvalue weighted by Gasteiger charge is 2.35. The molecule has 0 unspecified atom stereocenters. The van der Waals surface area contributed by atoms with Crippen molar-refractivity contribution >= 4 is 21.9 Å². The number of aryl methyl sites for hydroxylation is 1. The van der Waals surface area contributed by atoms with Crippen LogP contribution in [-0.2, 0) is 17.7 Å². The Morgan fingerprint density at radius 3 is 2.58 bits per heavy atom. The molecule has 1 aliphatic carbocycles. The van der Waals surface area contributed by atoms with Gasteiger partial charge in [0.2, 0.25) is 0 Å². The van der Waals surface area contributed by atoms with E-state index in [4.69, 9.17) is 9.84 Å². The summed E-state index contributed by atoms with van der Waals surface area (Å²) in [5.74, 6) is 0.232. The van der Waals surface area contributed by atoms with Crippen LogP contribution < -0.4 is 0 Å². The zero-order chi connectivity index (χ0) is 17.1. The Labute approximate surface area is 151 Å². The van der Waals surface area contributed by atoms with Crippen molar-refractivity contribution in [2.75, 3.05) is 6.61 Å². The standard InChI is InChI=1S/C19H23BrN2O2/c1-3-11-22-18(14-7-8-14)17(19(23)24-4-2)16(21-22)12-13-5-9-15(20)10-6-13/h5-6,9-10,14H,3-4,7-8,11-12H2,1-2H3. The third-order valence-electron chi connectivity index (χ3n) is 4.23. The first-order chi connectivity index (χ1) is 11.6. The molecule has 0 spiro atoms. The first kappa shape index (κ1) is 17.2. The minimum Gasteiger partial charge on any atom is -0.462 e. The third-order valence-corrected chi connectivity index (χ3v) is 4.76. The lowest BCUT2D eigenvalue weighted by Gasteiger charge is -2.07. The summed E-state index contributed by atoms with van der Waals surface area (Å²) in [4.78, 5) is 12.6. The summed E-state index contributed by atoms with van der Waals surface area (Å²) in [6, 6.07) is 8.16. The molecule has 2 aromatic rings. The van der Waals surface area contributed by atoms with E-state index >= 15 is 0 Å². The number of carbonyl (C=O) groups excluding carboxylic acids is 1. The summed E-state index contributed by atoms with van der Waals surface area (Å²) in [6.07, 6.45) is 3.93. The number of ether oxygens (including phenoxy) is 1. The number of nitrogens with zero attached hydrogens (tertiary/aromatic N) is 2. The van der Waals surface area contributed by atoms with E-state index < -0.39 is 0 Å². The molecule has 0 radical (unpaired) electrons. The predicted molar refractivity (Wildman–Crippen MR) is 97.4 cm³/mol. The van der Waals surface area contributed by atoms with Crippen molar-refractivity contribution in [2.24, 2.45) is 0 Å². The van der Waals surface area contributed by atoms with Gasteiger partial charge in [-0.05, 0) is 43.9 Å². The fraction of sp³-hybridized carbons (Fsp3) is 0.474. The maximum Gasteiger partial charge on any atom is 0.341 e. The number of aromatic nitrogens is 2. The monoisotopic (exact) mass is 390 g/mol. The molecule has 4 nitrogen and oxygen atoms in total. The minimum absolute atomic E-state index is 0.228. The lowest BCUT2D eigenvalue weighted by Crippen LogP contribution is -2.11. The molecule has 1 aromatic carbocycles. The Hall–Kier alpha value is -1.62. The van der Waals surface area contributed by atoms with Gasteiger partial charge in [-0.15, -0.1) is 0 Å². The maximum absolute atomic E-state index is 12.6. The van der Waals surface area contributed by atoms with Crippen molar-refractivity contribution in [1.82, 2.24) is 9.78 Å². The second kappa shape index (κ2) is 7.51. The van der Waals surface area contributed by atoms with Gasteiger partial charge in [-0.3, -0.25) is 4.68 Å². The van der Waals surface area contributed by atoms with E-state index in [2.05, 4.69) is 35.0 Å². The van der Waals surface area contributed by atoms with Crippen LogP contribution in [0, 0.1) is 0 Å². The van der Waals surface area contributed by atoms with Gasteiger partial charge in [0.25, 0.3) is 0 Å². The van der Waals surface area contributed by atoms with Crippen molar-refractivity contribution in [3.05, 3.63) is 51.3 Å². The largest absolute Gasteiger partial charge is 0.462 e. The molecule has 5 heteroatoms. The topological polar surface area (TPSA) is 44.1 Å². The predicted octanol–water partition coefficient (Wildman–Crippen LogP) is 4.70. The van der Waals surface area contributed by atoms with Gasteiger partial charge >= 0.3 is 5.97 Å². The molecule has 0 saturated heterocycles. The number of rotatable bonds is 7. The van der Waals surface area contributed by atoms with E-state index in [1.54, 1.807) is 0 Å². The van der Waals surface area contributed by atoms with Crippen LogP contribution in [0.3, 0.4) is 0 Å². The lowest BCUT2D eigenvalue weighted by molar-refractivity contribution is 0.0523. The fourth-order valence-corrected chi connectivity index (χ4v) is 3.29. The van der Waals surface area contributed by atoms with Crippen LogP contribution in [0.4, 0.5) is 0 Å². The summed E-state index contributed by atoms with van der Waals surface area (Å²) < 4.78 is 8.42. The number of hydrogen-bond acceptors (Lipinski definition) is 3. The quantitative estimate of drug-likeness (QED) is 0.643. The summed E-state index contributed by atoms with van der Waals surface area (Å²) in [5.41, 5.74) is 3.77. The summed E-state index contributed by atoms with van der Waals surface area (Å²) >= 11 is 3.46. The van der Waals surface area contributed by atoms with E-state index in [0.717, 1.165) is 47.2 Å². The van der Waals surface area contributed by atoms with Gasteiger partial charge in [0.05, 0.1) is 18.0 Å². The second-order valence-electron chi connectivity index (χ2n) is 6.23. The first-order valence-electron chi connectivity index (χ1n) is 8.65. The summed E-state index contributed by atoms with van der Waals surface area (Å²) in [5, 5.41) is 4.79. The molecule has 1 heterocycles. The maximum atomic E-state index is 12.6. The summed E-state index contributed by atoms with van der Waals surface area (Å²) in [6.45, 7) is 5.22. The fourth-order valence-electron chi connectivity index (χ4n) is 3.03. The van der Waals surface area contributed by atoms with E-state index in [1.165, 1.54) is 0 Å². The Kier molecular flexibility index (Phi) is 5.39. The summed E-state index contributed by atoms with van der Waals surface area (Å²) in [7, 11) is 0. The zero-order valence-electron chi connectivity index (χ0n) is 14.2. The van der Waals surface area contributed by atoms with Crippen LogP contribution >= 0.6 is 15.9 Å². The van der Waals surface area contributed by atoms with E-state index in [-0.39, 0.29) is 5.97 Å². The third kappa shape index (κ3) is 3.72. The normalized spacial score (nSPS) is 14.0. The van der Waals surface area contributed by atoms with Crippen molar-refractivity contribution < 1.29 is 9.53 Å². The van der Waals surface area contributed by atoms with Gasteiger partial charge in [0, 0.05) is 23.4 Å². The molecule has 0 amide bonds. The smallest absolute Gasteiger partial charge is 0.341 e. The molecule has 1 aliphatic rings. The highest BCUT2D eigenvalue weighted by molar-refractivity contribution is 9.10. The number of carbonyl (C=O) groups is 1. The Balaban J connectivity index is 2.00. The van der Waals surface area contributed by atoms with Crippen LogP contribution in [0.2, 0.25) is 0 Å². The van der Waals surface area contributed by atoms with Gasteiger partial charge in [-0.2, -0.15) is 5.10 Å². The first-order valence-corrected chi connectivity index (χ1v) is 9.44. The van der Waals surface area contributed by atoms with Crippen LogP contribution in [0.25, 0.3) is 0 Å². The molecule has 128 valence electrons. The number of esters is 1. The second-order valence-corrected chi connectivity index (χ2v) is 7.14. The van der Waals surface area contributed by atoms with Gasteiger partial charge in [0.1, 0.15) is 5.56 Å². The Morgan fingerprint density at radius 1 is 1.29 bits per heavy atom. The molecular weight excluding hydrogens is 368 g/mol. The van der Waals surface area contributed by atoms with Gasteiger partial charge < -0.3 is 4.74 Å². The average Bonchev–Trinajstić information content (AvgIpc) is 3.33. The molecule has 1 fully saturated rings. The van der Waals surface area contributed by atoms with Crippen molar-refractivity contribution in [3.63, 3.8) is 0 Å². The number of hydrogen-bond donors (Lipinski definition) is 0. The highest BCUT2D eigenvalue weighted by atomic mass is 79.9. The van der Waals surface area contributed by atoms with Crippen molar-refractivity contribution in [1.29, 1.82) is 0 Å². The number of benzene rings is 1. The van der Waals surface area contributed by atoms with E-state index in [1.807, 2.05) is 23.7 Å². The van der Waals surface area contributed by atoms with Crippen LogP contribution in [0.1, 0.15) is 66.3 Å². The molecule has 0 bridgehead atoms. The van der Waals surface area contributed by atoms with Crippen molar-refractivity contribution in [2.45, 2.75) is 52.0 Å². The minimum atomic E-state index is -0.228. The number of halogens is 1. The molecule has 3 rings (SSSR count). The van der Waals surface area contributed by atoms with Crippen LogP contribution in [0.5, 0.6) is 0 Å². The van der Waals surface area contributed by atoms with Crippen LogP contribution in [-0.4, -0.2) is 22.4 Å². The van der Waals surface area contributed by atoms with Gasteiger partial charge in [-0.1, -0.05) is 35.0 Å². The van der Waals surface area contributed by atoms with E-state index in [0.29, 0.717) is 24.5 Å². The van der Waals surface area contributed by atoms with E-state index in [9.17, 15) is 4.79 Å². The lowest BCUT2D eigenvalue weighted by atomic mass is 10.0. The molecule has 24 heavy (non-hydrogen) atoms. The Bertz CT molecular complexity index is 718. The molecule has 0 atom stereocenters. The van der Waals surface area contributed by atoms with Gasteiger partial charge in [-0.25, -0.2) is 4.79 Å². The molecular formula is C19H23BrN2O2. The average molecular weight is 391 g/mol.